The number of hydrogen-bond donors (Lipinski definition) is 3. The van der Waals surface area contributed by atoms with E-state index in [1.807, 2.05) is 6.07 Å². The molecule has 5 N–H and O–H groups in total. The third kappa shape index (κ3) is 2.83. The molecular formula is C15H9Cl2N5OS. The molecule has 0 saturated heterocycles. The molecule has 2 heterocycles. The van der Waals surface area contributed by atoms with Gasteiger partial charge in [0.05, 0.1) is 21.3 Å². The number of aromatic nitrogens is 1. The largest absolute Gasteiger partial charge is 0.397 e. The molecule has 0 saturated carbocycles. The number of hydrogen-bond acceptors (Lipinski definition) is 6. The third-order valence-electron chi connectivity index (χ3n) is 3.25. The summed E-state index contributed by atoms with van der Waals surface area (Å²) >= 11 is 12.9. The average Bonchev–Trinajstić information content (AvgIpc) is 2.86. The fourth-order valence-electron chi connectivity index (χ4n) is 2.07. The van der Waals surface area contributed by atoms with Gasteiger partial charge in [0.25, 0.3) is 5.91 Å². The zero-order chi connectivity index (χ0) is 17.4. The zero-order valence-electron chi connectivity index (χ0n) is 11.9. The number of halogens is 2. The van der Waals surface area contributed by atoms with Crippen molar-refractivity contribution in [2.24, 2.45) is 0 Å². The van der Waals surface area contributed by atoms with Gasteiger partial charge in [-0.1, -0.05) is 23.2 Å². The topological polar surface area (TPSA) is 118 Å². The van der Waals surface area contributed by atoms with Crippen LogP contribution >= 0.6 is 34.5 Å². The predicted octanol–water partition coefficient (Wildman–Crippen LogP) is 3.89. The van der Waals surface area contributed by atoms with Crippen molar-refractivity contribution in [2.45, 2.75) is 0 Å². The zero-order valence-corrected chi connectivity index (χ0v) is 14.3. The van der Waals surface area contributed by atoms with Gasteiger partial charge in [0.1, 0.15) is 21.6 Å². The summed E-state index contributed by atoms with van der Waals surface area (Å²) in [6.45, 7) is 0. The molecule has 9 heteroatoms. The molecule has 1 amide bonds. The minimum Gasteiger partial charge on any atom is -0.397 e. The fourth-order valence-corrected chi connectivity index (χ4v) is 3.35. The van der Waals surface area contributed by atoms with Crippen LogP contribution in [-0.2, 0) is 0 Å². The van der Waals surface area contributed by atoms with Gasteiger partial charge in [0.2, 0.25) is 0 Å². The van der Waals surface area contributed by atoms with Crippen molar-refractivity contribution in [1.29, 1.82) is 5.26 Å². The van der Waals surface area contributed by atoms with Crippen LogP contribution in [0.15, 0.2) is 24.3 Å². The molecule has 0 unspecified atom stereocenters. The monoisotopic (exact) mass is 377 g/mol. The highest BCUT2D eigenvalue weighted by atomic mass is 35.5. The van der Waals surface area contributed by atoms with Gasteiger partial charge in [-0.15, -0.1) is 11.3 Å². The fraction of sp³-hybridized carbons (Fsp3) is 0. The van der Waals surface area contributed by atoms with Gasteiger partial charge in [-0.05, 0) is 24.3 Å². The van der Waals surface area contributed by atoms with Crippen LogP contribution in [0.5, 0.6) is 0 Å². The normalized spacial score (nSPS) is 10.5. The van der Waals surface area contributed by atoms with Gasteiger partial charge in [0.15, 0.2) is 0 Å². The van der Waals surface area contributed by atoms with E-state index >= 15 is 0 Å². The molecule has 0 aliphatic carbocycles. The molecule has 0 aliphatic heterocycles. The predicted molar refractivity (Wildman–Crippen MR) is 97.6 cm³/mol. The standard InChI is InChI=1S/C15H9Cl2N5OS/c16-9-2-1-7(4-10(9)17)21-14(23)12-11(19)8-3-6(5-18)13(20)22-15(8)24-12/h1-4H,19H2,(H2,20,22)(H,21,23). The summed E-state index contributed by atoms with van der Waals surface area (Å²) in [6, 6.07) is 8.21. The maximum atomic E-state index is 12.5. The number of benzene rings is 1. The number of rotatable bonds is 2. The highest BCUT2D eigenvalue weighted by Crippen LogP contribution is 2.35. The Morgan fingerprint density at radius 1 is 1.25 bits per heavy atom. The van der Waals surface area contributed by atoms with Crippen molar-refractivity contribution in [3.8, 4) is 6.07 Å². The van der Waals surface area contributed by atoms with Crippen LogP contribution in [0, 0.1) is 11.3 Å². The number of nitrogen functional groups attached to an aromatic ring is 2. The second-order valence-corrected chi connectivity index (χ2v) is 6.63. The van der Waals surface area contributed by atoms with Crippen LogP contribution in [0.1, 0.15) is 15.2 Å². The van der Waals surface area contributed by atoms with E-state index in [4.69, 9.17) is 39.9 Å². The first-order chi connectivity index (χ1) is 11.4. The first-order valence-corrected chi connectivity index (χ1v) is 8.13. The lowest BCUT2D eigenvalue weighted by molar-refractivity contribution is 0.103. The Morgan fingerprint density at radius 3 is 2.67 bits per heavy atom. The molecule has 0 fully saturated rings. The number of nitrogens with two attached hydrogens (primary N) is 2. The number of carbonyl (C=O) groups is 1. The van der Waals surface area contributed by atoms with Crippen molar-refractivity contribution in [3.05, 3.63) is 44.8 Å². The van der Waals surface area contributed by atoms with E-state index in [0.717, 1.165) is 11.3 Å². The summed E-state index contributed by atoms with van der Waals surface area (Å²) in [7, 11) is 0. The molecule has 0 spiro atoms. The van der Waals surface area contributed by atoms with Crippen LogP contribution in [0.25, 0.3) is 10.2 Å². The first kappa shape index (κ1) is 16.3. The van der Waals surface area contributed by atoms with Gasteiger partial charge in [0, 0.05) is 11.1 Å². The average molecular weight is 378 g/mol. The van der Waals surface area contributed by atoms with Crippen molar-refractivity contribution in [2.75, 3.05) is 16.8 Å². The maximum absolute atomic E-state index is 12.5. The van der Waals surface area contributed by atoms with Gasteiger partial charge >= 0.3 is 0 Å². The summed E-state index contributed by atoms with van der Waals surface area (Å²) in [5.41, 5.74) is 12.7. The van der Waals surface area contributed by atoms with Gasteiger partial charge in [-0.3, -0.25) is 4.79 Å². The number of anilines is 3. The van der Waals surface area contributed by atoms with E-state index in [1.165, 1.54) is 12.1 Å². The Balaban J connectivity index is 1.99. The minimum atomic E-state index is -0.411. The molecule has 0 bridgehead atoms. The molecule has 3 aromatic rings. The summed E-state index contributed by atoms with van der Waals surface area (Å²) in [5.74, 6) is -0.311. The van der Waals surface area contributed by atoms with Crippen LogP contribution in [0.4, 0.5) is 17.2 Å². The summed E-state index contributed by atoms with van der Waals surface area (Å²) in [6.07, 6.45) is 0. The van der Waals surface area contributed by atoms with Crippen LogP contribution in [-0.4, -0.2) is 10.9 Å². The number of carbonyl (C=O) groups excluding carboxylic acids is 1. The molecular weight excluding hydrogens is 369 g/mol. The minimum absolute atomic E-state index is 0.0997. The molecule has 24 heavy (non-hydrogen) atoms. The lowest BCUT2D eigenvalue weighted by atomic mass is 10.2. The lowest BCUT2D eigenvalue weighted by Crippen LogP contribution is -2.11. The quantitative estimate of drug-likeness (QED) is 0.625. The number of thiophene rings is 1. The summed E-state index contributed by atoms with van der Waals surface area (Å²) in [5, 5.41) is 12.9. The Hall–Kier alpha value is -2.53. The van der Waals surface area contributed by atoms with Crippen LogP contribution in [0.3, 0.4) is 0 Å². The van der Waals surface area contributed by atoms with E-state index in [-0.39, 0.29) is 21.9 Å². The first-order valence-electron chi connectivity index (χ1n) is 6.55. The second kappa shape index (κ2) is 6.17. The molecule has 2 aromatic heterocycles. The number of amides is 1. The van der Waals surface area contributed by atoms with Crippen molar-refractivity contribution >= 4 is 67.9 Å². The Labute approximate surface area is 150 Å². The van der Waals surface area contributed by atoms with E-state index in [2.05, 4.69) is 10.3 Å². The van der Waals surface area contributed by atoms with Crippen molar-refractivity contribution in [3.63, 3.8) is 0 Å². The highest BCUT2D eigenvalue weighted by molar-refractivity contribution is 7.21. The Bertz CT molecular complexity index is 1020. The number of pyridine rings is 1. The molecule has 0 atom stereocenters. The number of fused-ring (bicyclic) bond motifs is 1. The van der Waals surface area contributed by atoms with E-state index in [0.29, 0.717) is 25.9 Å². The summed E-state index contributed by atoms with van der Waals surface area (Å²) < 4.78 is 0. The van der Waals surface area contributed by atoms with Crippen molar-refractivity contribution in [1.82, 2.24) is 4.98 Å². The third-order valence-corrected chi connectivity index (χ3v) is 5.11. The summed E-state index contributed by atoms with van der Waals surface area (Å²) in [4.78, 5) is 17.3. The Kier molecular flexibility index (Phi) is 4.20. The van der Waals surface area contributed by atoms with Crippen molar-refractivity contribution < 1.29 is 4.79 Å². The van der Waals surface area contributed by atoms with E-state index in [9.17, 15) is 4.79 Å². The van der Waals surface area contributed by atoms with E-state index in [1.54, 1.807) is 12.1 Å². The number of nitrogens with zero attached hydrogens (tertiary/aromatic N) is 2. The van der Waals surface area contributed by atoms with Gasteiger partial charge < -0.3 is 16.8 Å². The second-order valence-electron chi connectivity index (χ2n) is 4.81. The molecule has 0 aliphatic rings. The molecule has 3 rings (SSSR count). The smallest absolute Gasteiger partial charge is 0.267 e. The number of nitriles is 1. The molecule has 1 aromatic carbocycles. The molecule has 120 valence electrons. The highest BCUT2D eigenvalue weighted by Gasteiger charge is 2.19. The lowest BCUT2D eigenvalue weighted by Gasteiger charge is -2.05. The Morgan fingerprint density at radius 2 is 2.00 bits per heavy atom. The SMILES string of the molecule is N#Cc1cc2c(N)c(C(=O)Nc3ccc(Cl)c(Cl)c3)sc2nc1N. The van der Waals surface area contributed by atoms with Crippen LogP contribution < -0.4 is 16.8 Å². The number of nitrogens with one attached hydrogen (secondary N) is 1. The van der Waals surface area contributed by atoms with Crippen LogP contribution in [0.2, 0.25) is 10.0 Å². The van der Waals surface area contributed by atoms with E-state index < -0.39 is 5.91 Å². The molecule has 6 nitrogen and oxygen atoms in total. The van der Waals surface area contributed by atoms with Gasteiger partial charge in [-0.25, -0.2) is 4.98 Å². The molecule has 0 radical (unpaired) electrons. The van der Waals surface area contributed by atoms with Gasteiger partial charge in [-0.2, -0.15) is 5.26 Å². The maximum Gasteiger partial charge on any atom is 0.267 e.